The highest BCUT2D eigenvalue weighted by Gasteiger charge is 2.11. The van der Waals surface area contributed by atoms with Crippen LogP contribution in [-0.4, -0.2) is 24.4 Å². The van der Waals surface area contributed by atoms with Crippen molar-refractivity contribution in [1.29, 1.82) is 5.26 Å². The van der Waals surface area contributed by atoms with E-state index in [0.717, 1.165) is 22.9 Å². The zero-order valence-electron chi connectivity index (χ0n) is 11.9. The summed E-state index contributed by atoms with van der Waals surface area (Å²) >= 11 is 1.49. The molecule has 21 heavy (non-hydrogen) atoms. The molecular weight excluding hydrogens is 286 g/mol. The average Bonchev–Trinajstić information content (AvgIpc) is 3.14. The summed E-state index contributed by atoms with van der Waals surface area (Å²) in [5, 5.41) is 11.9. The molecule has 110 valence electrons. The van der Waals surface area contributed by atoms with Crippen molar-refractivity contribution in [2.45, 2.75) is 25.9 Å². The van der Waals surface area contributed by atoms with E-state index in [9.17, 15) is 0 Å². The number of hydrogen-bond acceptors (Lipinski definition) is 6. The zero-order chi connectivity index (χ0) is 14.9. The van der Waals surface area contributed by atoms with Gasteiger partial charge in [-0.15, -0.1) is 11.3 Å². The summed E-state index contributed by atoms with van der Waals surface area (Å²) in [6, 6.07) is 5.93. The van der Waals surface area contributed by atoms with Gasteiger partial charge in [-0.2, -0.15) is 5.26 Å². The highest BCUT2D eigenvalue weighted by Crippen LogP contribution is 2.17. The smallest absolute Gasteiger partial charge is 0.133 e. The van der Waals surface area contributed by atoms with Crippen molar-refractivity contribution in [3.05, 3.63) is 40.2 Å². The van der Waals surface area contributed by atoms with Gasteiger partial charge in [0, 0.05) is 30.4 Å². The molecule has 0 aromatic carbocycles. The topological polar surface area (TPSA) is 71.4 Å². The first-order valence-corrected chi connectivity index (χ1v) is 7.59. The maximum Gasteiger partial charge on any atom is 0.133 e. The normalized spacial score (nSPS) is 12.6. The molecule has 1 atom stereocenters. The molecule has 0 aliphatic carbocycles. The molecule has 0 aliphatic rings. The number of nitriles is 1. The molecule has 0 amide bonds. The summed E-state index contributed by atoms with van der Waals surface area (Å²) in [5.41, 5.74) is 0.940. The summed E-state index contributed by atoms with van der Waals surface area (Å²) in [4.78, 5) is 8.59. The lowest BCUT2D eigenvalue weighted by Crippen LogP contribution is -2.00. The van der Waals surface area contributed by atoms with Gasteiger partial charge in [0.1, 0.15) is 23.3 Å². The third kappa shape index (κ3) is 5.14. The van der Waals surface area contributed by atoms with E-state index >= 15 is 0 Å². The number of thiazole rings is 1. The molecule has 0 spiro atoms. The van der Waals surface area contributed by atoms with Crippen molar-refractivity contribution >= 4 is 17.6 Å². The first-order chi connectivity index (χ1) is 10.3. The molecule has 6 heteroatoms. The predicted octanol–water partition coefficient (Wildman–Crippen LogP) is 3.33. The second-order valence-electron chi connectivity index (χ2n) is 4.47. The van der Waals surface area contributed by atoms with Crippen LogP contribution in [0.1, 0.15) is 28.8 Å². The van der Waals surface area contributed by atoms with E-state index in [0.29, 0.717) is 19.8 Å². The first-order valence-electron chi connectivity index (χ1n) is 6.71. The van der Waals surface area contributed by atoms with Gasteiger partial charge >= 0.3 is 0 Å². The largest absolute Gasteiger partial charge is 0.467 e. The third-order valence-corrected chi connectivity index (χ3v) is 3.74. The number of rotatable bonds is 8. The van der Waals surface area contributed by atoms with Crippen molar-refractivity contribution in [2.75, 3.05) is 13.2 Å². The highest BCUT2D eigenvalue weighted by atomic mass is 32.1. The van der Waals surface area contributed by atoms with Crippen molar-refractivity contribution in [1.82, 2.24) is 4.98 Å². The third-order valence-electron chi connectivity index (χ3n) is 2.70. The molecule has 0 bridgehead atoms. The monoisotopic (exact) mass is 303 g/mol. The van der Waals surface area contributed by atoms with Gasteiger partial charge in [0.15, 0.2) is 0 Å². The SMILES string of the molecule is Cc1csc([C@@H](C#N)C=NCCCOCc2ccco2)n1. The van der Waals surface area contributed by atoms with Crippen LogP contribution in [0.25, 0.3) is 0 Å². The average molecular weight is 303 g/mol. The second-order valence-corrected chi connectivity index (χ2v) is 5.36. The van der Waals surface area contributed by atoms with E-state index in [1.165, 1.54) is 11.3 Å². The number of aromatic nitrogens is 1. The van der Waals surface area contributed by atoms with Crippen LogP contribution >= 0.6 is 11.3 Å². The standard InChI is InChI=1S/C15H17N3O2S/c1-12-11-21-15(18-12)13(8-16)9-17-5-3-6-19-10-14-4-2-7-20-14/h2,4,7,9,11,13H,3,5-6,10H2,1H3/t13-/m0/s1. The van der Waals surface area contributed by atoms with Crippen molar-refractivity contribution in [2.24, 2.45) is 4.99 Å². The van der Waals surface area contributed by atoms with E-state index in [-0.39, 0.29) is 5.92 Å². The maximum atomic E-state index is 9.13. The Hall–Kier alpha value is -1.97. The molecule has 0 saturated heterocycles. The lowest BCUT2D eigenvalue weighted by molar-refractivity contribution is 0.105. The van der Waals surface area contributed by atoms with E-state index in [1.807, 2.05) is 24.4 Å². The summed E-state index contributed by atoms with van der Waals surface area (Å²) in [5.74, 6) is 0.468. The lowest BCUT2D eigenvalue weighted by atomic mass is 10.2. The number of furan rings is 1. The minimum absolute atomic E-state index is 0.354. The minimum Gasteiger partial charge on any atom is -0.467 e. The summed E-state index contributed by atoms with van der Waals surface area (Å²) in [7, 11) is 0. The number of hydrogen-bond donors (Lipinski definition) is 0. The molecule has 0 fully saturated rings. The van der Waals surface area contributed by atoms with Gasteiger partial charge in [0.25, 0.3) is 0 Å². The summed E-state index contributed by atoms with van der Waals surface area (Å²) in [6.07, 6.45) is 4.11. The fourth-order valence-corrected chi connectivity index (χ4v) is 2.47. The van der Waals surface area contributed by atoms with Crippen LogP contribution in [0.3, 0.4) is 0 Å². The molecule has 0 N–H and O–H groups in total. The Balaban J connectivity index is 1.64. The molecule has 0 unspecified atom stereocenters. The first kappa shape index (κ1) is 15.4. The van der Waals surface area contributed by atoms with Gasteiger partial charge in [-0.1, -0.05) is 0 Å². The molecule has 0 aliphatic heterocycles. The fraction of sp³-hybridized carbons (Fsp3) is 0.400. The van der Waals surface area contributed by atoms with Gasteiger partial charge in [0.2, 0.25) is 0 Å². The second kappa shape index (κ2) is 8.35. The number of nitrogens with zero attached hydrogens (tertiary/aromatic N) is 3. The van der Waals surface area contributed by atoms with Gasteiger partial charge in [-0.3, -0.25) is 4.99 Å². The van der Waals surface area contributed by atoms with Crippen LogP contribution < -0.4 is 0 Å². The minimum atomic E-state index is -0.354. The molecule has 0 radical (unpaired) electrons. The van der Waals surface area contributed by atoms with E-state index in [1.54, 1.807) is 12.5 Å². The van der Waals surface area contributed by atoms with E-state index in [4.69, 9.17) is 14.4 Å². The van der Waals surface area contributed by atoms with Gasteiger partial charge in [-0.25, -0.2) is 4.98 Å². The number of aryl methyl sites for hydroxylation is 1. The Morgan fingerprint density at radius 3 is 3.19 bits per heavy atom. The van der Waals surface area contributed by atoms with Crippen LogP contribution in [0.2, 0.25) is 0 Å². The molecule has 2 aromatic heterocycles. The number of aliphatic imine (C=N–C) groups is 1. The lowest BCUT2D eigenvalue weighted by Gasteiger charge is -2.00. The van der Waals surface area contributed by atoms with Crippen LogP contribution in [0.15, 0.2) is 33.2 Å². The van der Waals surface area contributed by atoms with Crippen LogP contribution in [0, 0.1) is 18.3 Å². The van der Waals surface area contributed by atoms with Gasteiger partial charge in [-0.05, 0) is 25.5 Å². The van der Waals surface area contributed by atoms with Gasteiger partial charge in [0.05, 0.1) is 12.3 Å². The Morgan fingerprint density at radius 1 is 1.62 bits per heavy atom. The molecular formula is C15H17N3O2S. The maximum absolute atomic E-state index is 9.13. The Morgan fingerprint density at radius 2 is 2.52 bits per heavy atom. The van der Waals surface area contributed by atoms with Crippen molar-refractivity contribution < 1.29 is 9.15 Å². The van der Waals surface area contributed by atoms with Crippen LogP contribution in [-0.2, 0) is 11.3 Å². The number of ether oxygens (including phenoxy) is 1. The fourth-order valence-electron chi connectivity index (χ4n) is 1.67. The van der Waals surface area contributed by atoms with Gasteiger partial charge < -0.3 is 9.15 Å². The molecule has 2 heterocycles. The zero-order valence-corrected chi connectivity index (χ0v) is 12.7. The Labute approximate surface area is 127 Å². The Bertz CT molecular complexity index is 599. The van der Waals surface area contributed by atoms with Crippen molar-refractivity contribution in [3.63, 3.8) is 0 Å². The molecule has 2 rings (SSSR count). The van der Waals surface area contributed by atoms with E-state index < -0.39 is 0 Å². The summed E-state index contributed by atoms with van der Waals surface area (Å²) < 4.78 is 10.6. The molecule has 0 saturated carbocycles. The highest BCUT2D eigenvalue weighted by molar-refractivity contribution is 7.09. The van der Waals surface area contributed by atoms with E-state index in [2.05, 4.69) is 16.0 Å². The predicted molar refractivity (Wildman–Crippen MR) is 81.5 cm³/mol. The van der Waals surface area contributed by atoms with Crippen LogP contribution in [0.4, 0.5) is 0 Å². The Kier molecular flexibility index (Phi) is 6.13. The van der Waals surface area contributed by atoms with Crippen molar-refractivity contribution in [3.8, 4) is 6.07 Å². The quantitative estimate of drug-likeness (QED) is 0.554. The van der Waals surface area contributed by atoms with Crippen LogP contribution in [0.5, 0.6) is 0 Å². The molecule has 5 nitrogen and oxygen atoms in total. The summed E-state index contributed by atoms with van der Waals surface area (Å²) in [6.45, 7) is 3.66. The molecule has 2 aromatic rings.